The monoisotopic (exact) mass is 366 g/mol. The molecule has 0 aliphatic carbocycles. The van der Waals surface area contributed by atoms with Gasteiger partial charge in [-0.15, -0.1) is 0 Å². The predicted octanol–water partition coefficient (Wildman–Crippen LogP) is 5.08. The Labute approximate surface area is 123 Å². The first-order valence-electron chi connectivity index (χ1n) is 7.80. The summed E-state index contributed by atoms with van der Waals surface area (Å²) in [5.74, 6) is 0. The maximum atomic E-state index is 5.81. The molecule has 110 valence electrons. The Morgan fingerprint density at radius 1 is 0.611 bits per heavy atom. The standard InChI is InChI=1S/2C7H15O.CH3.Sb/c2*1-2-3-4-5-6-7-8;;/h2*2-7H2,1H3;1H3;/q2*-1;;+2. The van der Waals surface area contributed by atoms with Crippen molar-refractivity contribution < 1.29 is 6.03 Å². The summed E-state index contributed by atoms with van der Waals surface area (Å²) in [6.07, 6.45) is 13.2. The van der Waals surface area contributed by atoms with Crippen LogP contribution in [0.25, 0.3) is 0 Å². The molecule has 0 N–H and O–H groups in total. The van der Waals surface area contributed by atoms with Gasteiger partial charge in [0.1, 0.15) is 0 Å². The summed E-state index contributed by atoms with van der Waals surface area (Å²) in [7, 11) is 0. The summed E-state index contributed by atoms with van der Waals surface area (Å²) in [6, 6.07) is 0. The molecule has 0 saturated carbocycles. The van der Waals surface area contributed by atoms with E-state index in [2.05, 4.69) is 18.7 Å². The van der Waals surface area contributed by atoms with Crippen LogP contribution in [0.1, 0.15) is 78.1 Å². The molecule has 0 aliphatic rings. The average molecular weight is 367 g/mol. The van der Waals surface area contributed by atoms with E-state index in [1.165, 1.54) is 64.2 Å². The molecule has 0 aromatic carbocycles. The van der Waals surface area contributed by atoms with Crippen molar-refractivity contribution in [3.63, 3.8) is 0 Å². The molecule has 0 bridgehead atoms. The molecule has 18 heavy (non-hydrogen) atoms. The van der Waals surface area contributed by atoms with Crippen molar-refractivity contribution >= 4 is 21.1 Å². The fourth-order valence-electron chi connectivity index (χ4n) is 1.83. The first-order valence-corrected chi connectivity index (χ1v) is 12.4. The Hall–Kier alpha value is 0.738. The zero-order valence-electron chi connectivity index (χ0n) is 12.7. The minimum absolute atomic E-state index is 0.929. The molecular weight excluding hydrogens is 334 g/mol. The van der Waals surface area contributed by atoms with Gasteiger partial charge in [0.2, 0.25) is 0 Å². The van der Waals surface area contributed by atoms with Crippen LogP contribution in [0, 0.1) is 0 Å². The van der Waals surface area contributed by atoms with Gasteiger partial charge in [0.05, 0.1) is 0 Å². The average Bonchev–Trinajstić information content (AvgIpc) is 2.38. The summed E-state index contributed by atoms with van der Waals surface area (Å²) < 4.78 is 11.6. The molecule has 3 heteroatoms. The Kier molecular flexibility index (Phi) is 16.4. The Morgan fingerprint density at radius 3 is 1.39 bits per heavy atom. The molecule has 0 radical (unpaired) electrons. The van der Waals surface area contributed by atoms with E-state index in [1.807, 2.05) is 0 Å². The Bertz CT molecular complexity index is 137. The van der Waals surface area contributed by atoms with Crippen LogP contribution in [-0.2, 0) is 6.03 Å². The van der Waals surface area contributed by atoms with Crippen molar-refractivity contribution in [1.29, 1.82) is 0 Å². The van der Waals surface area contributed by atoms with Gasteiger partial charge in [-0.3, -0.25) is 0 Å². The molecule has 0 aromatic rings. The molecule has 0 aliphatic heterocycles. The van der Waals surface area contributed by atoms with E-state index < -0.39 is 21.1 Å². The number of hydrogen-bond acceptors (Lipinski definition) is 2. The summed E-state index contributed by atoms with van der Waals surface area (Å²) in [6.45, 7) is 6.36. The summed E-state index contributed by atoms with van der Waals surface area (Å²) in [5, 5.41) is 0. The number of hydrogen-bond donors (Lipinski definition) is 0. The number of unbranched alkanes of at least 4 members (excludes halogenated alkanes) is 8. The maximum absolute atomic E-state index is 5.81. The molecule has 2 nitrogen and oxygen atoms in total. The molecule has 0 saturated heterocycles. The van der Waals surface area contributed by atoms with Gasteiger partial charge >= 0.3 is 123 Å². The van der Waals surface area contributed by atoms with Crippen molar-refractivity contribution in [2.45, 2.75) is 82.9 Å². The molecule has 0 atom stereocenters. The molecule has 0 heterocycles. The number of rotatable bonds is 14. The minimum atomic E-state index is -1.73. The zero-order valence-corrected chi connectivity index (χ0v) is 15.3. The van der Waals surface area contributed by atoms with Crippen LogP contribution in [-0.4, -0.2) is 34.3 Å². The summed E-state index contributed by atoms with van der Waals surface area (Å²) in [4.78, 5) is 2.20. The van der Waals surface area contributed by atoms with Crippen molar-refractivity contribution in [3.05, 3.63) is 0 Å². The SMILES string of the molecule is CCCCCCC[O][Sb]([CH3])[O]CCCCCCC. The van der Waals surface area contributed by atoms with Crippen molar-refractivity contribution in [2.75, 3.05) is 13.2 Å². The first kappa shape index (κ1) is 18.7. The van der Waals surface area contributed by atoms with E-state index in [0.717, 1.165) is 13.2 Å². The Balaban J connectivity index is 3.10. The second-order valence-corrected chi connectivity index (χ2v) is 8.92. The topological polar surface area (TPSA) is 18.5 Å². The van der Waals surface area contributed by atoms with Crippen LogP contribution in [0.5, 0.6) is 0 Å². The van der Waals surface area contributed by atoms with Crippen molar-refractivity contribution in [2.24, 2.45) is 0 Å². The van der Waals surface area contributed by atoms with E-state index in [0.29, 0.717) is 0 Å². The summed E-state index contributed by atoms with van der Waals surface area (Å²) >= 11 is -1.73. The van der Waals surface area contributed by atoms with E-state index in [9.17, 15) is 0 Å². The van der Waals surface area contributed by atoms with E-state index in [1.54, 1.807) is 0 Å². The van der Waals surface area contributed by atoms with Crippen LogP contribution >= 0.6 is 0 Å². The van der Waals surface area contributed by atoms with E-state index in [-0.39, 0.29) is 0 Å². The van der Waals surface area contributed by atoms with E-state index in [4.69, 9.17) is 6.03 Å². The van der Waals surface area contributed by atoms with Crippen molar-refractivity contribution in [1.82, 2.24) is 0 Å². The van der Waals surface area contributed by atoms with Gasteiger partial charge in [-0.2, -0.15) is 0 Å². The second-order valence-electron chi connectivity index (χ2n) is 4.93. The Morgan fingerprint density at radius 2 is 1.00 bits per heavy atom. The van der Waals surface area contributed by atoms with Gasteiger partial charge in [-0.05, 0) is 0 Å². The first-order chi connectivity index (χ1) is 8.81. The molecule has 0 amide bonds. The predicted molar refractivity (Wildman–Crippen MR) is 81.0 cm³/mol. The molecule has 0 rings (SSSR count). The van der Waals surface area contributed by atoms with Gasteiger partial charge in [0.25, 0.3) is 0 Å². The van der Waals surface area contributed by atoms with Crippen LogP contribution < -0.4 is 0 Å². The van der Waals surface area contributed by atoms with Crippen LogP contribution in [0.15, 0.2) is 0 Å². The van der Waals surface area contributed by atoms with Gasteiger partial charge in [-0.1, -0.05) is 0 Å². The third-order valence-electron chi connectivity index (χ3n) is 3.04. The van der Waals surface area contributed by atoms with E-state index >= 15 is 0 Å². The third kappa shape index (κ3) is 14.8. The quantitative estimate of drug-likeness (QED) is 0.315. The fourth-order valence-corrected chi connectivity index (χ4v) is 4.25. The van der Waals surface area contributed by atoms with Crippen LogP contribution in [0.3, 0.4) is 0 Å². The third-order valence-corrected chi connectivity index (χ3v) is 6.16. The molecule has 0 unspecified atom stereocenters. The summed E-state index contributed by atoms with van der Waals surface area (Å²) in [5.41, 5.74) is 0. The molecule has 0 aromatic heterocycles. The second kappa shape index (κ2) is 15.8. The van der Waals surface area contributed by atoms with Gasteiger partial charge in [-0.25, -0.2) is 0 Å². The van der Waals surface area contributed by atoms with Gasteiger partial charge in [0.15, 0.2) is 0 Å². The molecule has 0 fully saturated rings. The van der Waals surface area contributed by atoms with Crippen molar-refractivity contribution in [3.8, 4) is 0 Å². The molecule has 0 spiro atoms. The fraction of sp³-hybridized carbons (Fsp3) is 1.00. The normalized spacial score (nSPS) is 11.3. The zero-order chi connectivity index (χ0) is 13.5. The van der Waals surface area contributed by atoms with Gasteiger partial charge in [0, 0.05) is 0 Å². The van der Waals surface area contributed by atoms with Crippen LogP contribution in [0.4, 0.5) is 0 Å². The van der Waals surface area contributed by atoms with Crippen LogP contribution in [0.2, 0.25) is 4.87 Å². The van der Waals surface area contributed by atoms with Gasteiger partial charge < -0.3 is 0 Å². The molecular formula is C15H33O2Sb.